The summed E-state index contributed by atoms with van der Waals surface area (Å²) in [5.41, 5.74) is 0. The van der Waals surface area contributed by atoms with Crippen LogP contribution in [0.1, 0.15) is 26.0 Å². The van der Waals surface area contributed by atoms with Crippen molar-refractivity contribution in [3.05, 3.63) is 24.2 Å². The van der Waals surface area contributed by atoms with Gasteiger partial charge in [0.2, 0.25) is 5.91 Å². The average molecular weight is 282 g/mol. The van der Waals surface area contributed by atoms with Crippen molar-refractivity contribution < 1.29 is 19.1 Å². The van der Waals surface area contributed by atoms with Crippen LogP contribution in [0.15, 0.2) is 22.8 Å². The highest BCUT2D eigenvalue weighted by molar-refractivity contribution is 5.78. The van der Waals surface area contributed by atoms with Gasteiger partial charge in [-0.2, -0.15) is 0 Å². The minimum atomic E-state index is -0.852. The van der Waals surface area contributed by atoms with E-state index in [2.05, 4.69) is 5.32 Å². The maximum Gasteiger partial charge on any atom is 0.304 e. The molecule has 0 atom stereocenters. The molecule has 6 heteroatoms. The second kappa shape index (κ2) is 8.37. The van der Waals surface area contributed by atoms with Crippen molar-refractivity contribution in [3.8, 4) is 0 Å². The van der Waals surface area contributed by atoms with Gasteiger partial charge < -0.3 is 14.8 Å². The Morgan fingerprint density at radius 1 is 1.45 bits per heavy atom. The predicted octanol–water partition coefficient (Wildman–Crippen LogP) is 1.33. The Bertz CT molecular complexity index is 415. The van der Waals surface area contributed by atoms with Gasteiger partial charge in [0, 0.05) is 13.1 Å². The molecule has 1 aromatic heterocycles. The first-order valence-electron chi connectivity index (χ1n) is 6.70. The summed E-state index contributed by atoms with van der Waals surface area (Å²) in [6.45, 7) is 5.69. The van der Waals surface area contributed by atoms with Crippen LogP contribution in [0.25, 0.3) is 0 Å². The molecule has 0 unspecified atom stereocenters. The van der Waals surface area contributed by atoms with Crippen molar-refractivity contribution in [2.45, 2.75) is 26.8 Å². The molecular weight excluding hydrogens is 260 g/mol. The van der Waals surface area contributed by atoms with Crippen LogP contribution < -0.4 is 5.32 Å². The van der Waals surface area contributed by atoms with Crippen molar-refractivity contribution in [3.63, 3.8) is 0 Å². The zero-order valence-electron chi connectivity index (χ0n) is 12.0. The molecule has 20 heavy (non-hydrogen) atoms. The lowest BCUT2D eigenvalue weighted by Gasteiger charge is -2.22. The Balaban J connectivity index is 2.37. The summed E-state index contributed by atoms with van der Waals surface area (Å²) in [6.07, 6.45) is 1.59. The van der Waals surface area contributed by atoms with Crippen LogP contribution in [0.5, 0.6) is 0 Å². The highest BCUT2D eigenvalue weighted by Crippen LogP contribution is 2.01. The van der Waals surface area contributed by atoms with E-state index in [1.165, 1.54) is 0 Å². The number of furan rings is 1. The fourth-order valence-electron chi connectivity index (χ4n) is 1.86. The van der Waals surface area contributed by atoms with E-state index in [1.807, 2.05) is 18.7 Å². The van der Waals surface area contributed by atoms with Gasteiger partial charge >= 0.3 is 5.97 Å². The first-order chi connectivity index (χ1) is 9.47. The van der Waals surface area contributed by atoms with Crippen molar-refractivity contribution in [2.75, 3.05) is 19.6 Å². The molecule has 0 aliphatic heterocycles. The predicted molar refractivity (Wildman–Crippen MR) is 74.1 cm³/mol. The molecule has 6 nitrogen and oxygen atoms in total. The third-order valence-corrected chi connectivity index (χ3v) is 2.67. The molecule has 1 amide bonds. The molecule has 112 valence electrons. The summed E-state index contributed by atoms with van der Waals surface area (Å²) in [7, 11) is 0. The number of hydrogen-bond donors (Lipinski definition) is 2. The van der Waals surface area contributed by atoms with Crippen LogP contribution >= 0.6 is 0 Å². The third-order valence-electron chi connectivity index (χ3n) is 2.67. The van der Waals surface area contributed by atoms with Gasteiger partial charge in [0.15, 0.2) is 0 Å². The largest absolute Gasteiger partial charge is 0.481 e. The van der Waals surface area contributed by atoms with Gasteiger partial charge in [-0.1, -0.05) is 13.8 Å². The number of nitrogens with zero attached hydrogens (tertiary/aromatic N) is 1. The minimum Gasteiger partial charge on any atom is -0.481 e. The number of carboxylic acids is 1. The zero-order valence-corrected chi connectivity index (χ0v) is 12.0. The zero-order chi connectivity index (χ0) is 15.0. The Labute approximate surface area is 118 Å². The minimum absolute atomic E-state index is 0.0399. The lowest BCUT2D eigenvalue weighted by atomic mass is 10.2. The van der Waals surface area contributed by atoms with E-state index < -0.39 is 5.97 Å². The molecule has 0 saturated carbocycles. The topological polar surface area (TPSA) is 82.8 Å². The van der Waals surface area contributed by atoms with Gasteiger partial charge in [0.05, 0.1) is 25.8 Å². The molecule has 0 aromatic carbocycles. The molecule has 0 saturated heterocycles. The fraction of sp³-hybridized carbons (Fsp3) is 0.571. The number of carbonyl (C=O) groups excluding carboxylic acids is 1. The molecule has 0 radical (unpaired) electrons. The Morgan fingerprint density at radius 2 is 2.20 bits per heavy atom. The van der Waals surface area contributed by atoms with Gasteiger partial charge in [-0.05, 0) is 18.1 Å². The summed E-state index contributed by atoms with van der Waals surface area (Å²) in [4.78, 5) is 24.3. The van der Waals surface area contributed by atoms with Gasteiger partial charge in [-0.3, -0.25) is 14.5 Å². The van der Waals surface area contributed by atoms with E-state index in [1.54, 1.807) is 18.4 Å². The fourth-order valence-corrected chi connectivity index (χ4v) is 1.86. The SMILES string of the molecule is CC(C)CN(CCC(=O)O)CC(=O)NCc1ccco1. The Kier molecular flexibility index (Phi) is 6.79. The van der Waals surface area contributed by atoms with Crippen LogP contribution in [-0.2, 0) is 16.1 Å². The quantitative estimate of drug-likeness (QED) is 0.714. The van der Waals surface area contributed by atoms with Crippen LogP contribution in [0.3, 0.4) is 0 Å². The van der Waals surface area contributed by atoms with Gasteiger partial charge in [0.25, 0.3) is 0 Å². The molecule has 1 heterocycles. The molecule has 2 N–H and O–H groups in total. The van der Waals surface area contributed by atoms with Crippen molar-refractivity contribution >= 4 is 11.9 Å². The maximum atomic E-state index is 11.8. The highest BCUT2D eigenvalue weighted by atomic mass is 16.4. The summed E-state index contributed by atoms with van der Waals surface area (Å²) in [5, 5.41) is 11.5. The number of amides is 1. The van der Waals surface area contributed by atoms with Gasteiger partial charge in [-0.25, -0.2) is 0 Å². The molecule has 0 aliphatic rings. The molecule has 1 aromatic rings. The molecular formula is C14H22N2O4. The van der Waals surface area contributed by atoms with Crippen LogP contribution in [-0.4, -0.2) is 41.5 Å². The number of rotatable bonds is 9. The Hall–Kier alpha value is -1.82. The van der Waals surface area contributed by atoms with Gasteiger partial charge in [0.1, 0.15) is 5.76 Å². The number of aliphatic carboxylic acids is 1. The van der Waals surface area contributed by atoms with Crippen molar-refractivity contribution in [1.82, 2.24) is 10.2 Å². The van der Waals surface area contributed by atoms with E-state index in [0.717, 1.165) is 0 Å². The normalized spacial score (nSPS) is 11.0. The Morgan fingerprint density at radius 3 is 2.75 bits per heavy atom. The second-order valence-electron chi connectivity index (χ2n) is 5.13. The molecule has 0 aliphatic carbocycles. The van der Waals surface area contributed by atoms with E-state index >= 15 is 0 Å². The molecule has 0 fully saturated rings. The lowest BCUT2D eigenvalue weighted by molar-refractivity contribution is -0.137. The van der Waals surface area contributed by atoms with E-state index in [-0.39, 0.29) is 18.9 Å². The molecule has 1 rings (SSSR count). The number of hydrogen-bond acceptors (Lipinski definition) is 4. The molecule has 0 spiro atoms. The van der Waals surface area contributed by atoms with Crippen LogP contribution in [0.4, 0.5) is 0 Å². The first kappa shape index (κ1) is 16.2. The number of carboxylic acid groups (broad SMARTS) is 1. The monoisotopic (exact) mass is 282 g/mol. The number of carbonyl (C=O) groups is 2. The van der Waals surface area contributed by atoms with E-state index in [9.17, 15) is 9.59 Å². The average Bonchev–Trinajstić information content (AvgIpc) is 2.86. The second-order valence-corrected chi connectivity index (χ2v) is 5.13. The number of nitrogens with one attached hydrogen (secondary N) is 1. The first-order valence-corrected chi connectivity index (χ1v) is 6.70. The summed E-state index contributed by atoms with van der Waals surface area (Å²) in [5.74, 6) is 0.0863. The van der Waals surface area contributed by atoms with E-state index in [4.69, 9.17) is 9.52 Å². The summed E-state index contributed by atoms with van der Waals surface area (Å²) in [6, 6.07) is 3.55. The lowest BCUT2D eigenvalue weighted by Crippen LogP contribution is -2.39. The summed E-state index contributed by atoms with van der Waals surface area (Å²) >= 11 is 0. The van der Waals surface area contributed by atoms with Gasteiger partial charge in [-0.15, -0.1) is 0 Å². The smallest absolute Gasteiger partial charge is 0.304 e. The summed E-state index contributed by atoms with van der Waals surface area (Å²) < 4.78 is 5.13. The highest BCUT2D eigenvalue weighted by Gasteiger charge is 2.13. The van der Waals surface area contributed by atoms with Crippen molar-refractivity contribution in [2.24, 2.45) is 5.92 Å². The third kappa shape index (κ3) is 6.94. The standard InChI is InChI=1S/C14H22N2O4/c1-11(2)9-16(6-5-14(18)19)10-13(17)15-8-12-4-3-7-20-12/h3-4,7,11H,5-6,8-10H2,1-2H3,(H,15,17)(H,18,19). The maximum absolute atomic E-state index is 11.8. The van der Waals surface area contributed by atoms with Crippen LogP contribution in [0.2, 0.25) is 0 Å². The van der Waals surface area contributed by atoms with E-state index in [0.29, 0.717) is 31.3 Å². The van der Waals surface area contributed by atoms with Crippen LogP contribution in [0, 0.1) is 5.92 Å². The van der Waals surface area contributed by atoms with Crippen molar-refractivity contribution in [1.29, 1.82) is 0 Å². The molecule has 0 bridgehead atoms.